The van der Waals surface area contributed by atoms with Crippen LogP contribution < -0.4 is 5.73 Å². The van der Waals surface area contributed by atoms with Crippen LogP contribution in [0.15, 0.2) is 18.3 Å². The Kier molecular flexibility index (Phi) is 5.08. The molecule has 0 unspecified atom stereocenters. The van der Waals surface area contributed by atoms with Crippen LogP contribution in [0.4, 0.5) is 0 Å². The molecule has 4 nitrogen and oxygen atoms in total. The summed E-state index contributed by atoms with van der Waals surface area (Å²) in [7, 11) is 4.05. The van der Waals surface area contributed by atoms with Gasteiger partial charge in [-0.05, 0) is 38.2 Å². The average Bonchev–Trinajstić information content (AvgIpc) is 2.25. The van der Waals surface area contributed by atoms with Gasteiger partial charge >= 0.3 is 0 Å². The molecule has 4 heteroatoms. The lowest BCUT2D eigenvalue weighted by Gasteiger charge is -2.10. The lowest BCUT2D eigenvalue weighted by atomic mass is 10.1. The first-order valence-electron chi connectivity index (χ1n) is 5.42. The first-order valence-corrected chi connectivity index (χ1v) is 5.42. The van der Waals surface area contributed by atoms with E-state index in [1.165, 1.54) is 5.56 Å². The summed E-state index contributed by atoms with van der Waals surface area (Å²) in [6.07, 6.45) is 2.95. The molecule has 1 heterocycles. The Morgan fingerprint density at radius 2 is 2.25 bits per heavy atom. The zero-order valence-corrected chi connectivity index (χ0v) is 9.94. The number of Topliss-reactive ketones (excluding diaryl/α,β-unsaturated/α-hetero) is 1. The van der Waals surface area contributed by atoms with Gasteiger partial charge in [-0.3, -0.25) is 9.78 Å². The van der Waals surface area contributed by atoms with Crippen LogP contribution in [0, 0.1) is 0 Å². The van der Waals surface area contributed by atoms with Crippen molar-refractivity contribution in [1.82, 2.24) is 9.88 Å². The highest BCUT2D eigenvalue weighted by molar-refractivity contribution is 5.80. The number of aryl methyl sites for hydroxylation is 1. The number of pyridine rings is 1. The van der Waals surface area contributed by atoms with E-state index in [-0.39, 0.29) is 12.3 Å². The van der Waals surface area contributed by atoms with E-state index in [4.69, 9.17) is 5.73 Å². The van der Waals surface area contributed by atoms with Crippen molar-refractivity contribution < 1.29 is 4.79 Å². The number of hydrogen-bond donors (Lipinski definition) is 1. The molecule has 0 fully saturated rings. The summed E-state index contributed by atoms with van der Waals surface area (Å²) in [5, 5.41) is 0. The van der Waals surface area contributed by atoms with E-state index in [1.807, 2.05) is 26.2 Å². The van der Waals surface area contributed by atoms with Crippen LogP contribution in [-0.2, 0) is 17.8 Å². The number of ketones is 1. The summed E-state index contributed by atoms with van der Waals surface area (Å²) in [5.41, 5.74) is 7.43. The SMILES string of the molecule is CN(C)Cc1ccnc(CCC(=O)CN)c1. The second kappa shape index (κ2) is 6.35. The van der Waals surface area contributed by atoms with Crippen molar-refractivity contribution in [3.63, 3.8) is 0 Å². The fourth-order valence-electron chi connectivity index (χ4n) is 1.50. The largest absolute Gasteiger partial charge is 0.324 e. The summed E-state index contributed by atoms with van der Waals surface area (Å²) in [4.78, 5) is 17.4. The van der Waals surface area contributed by atoms with Gasteiger partial charge in [-0.25, -0.2) is 0 Å². The zero-order chi connectivity index (χ0) is 12.0. The van der Waals surface area contributed by atoms with E-state index in [0.717, 1.165) is 12.2 Å². The molecule has 88 valence electrons. The molecule has 0 bridgehead atoms. The lowest BCUT2D eigenvalue weighted by molar-refractivity contribution is -0.117. The molecule has 0 aliphatic rings. The van der Waals surface area contributed by atoms with E-state index in [1.54, 1.807) is 6.20 Å². The second-order valence-corrected chi connectivity index (χ2v) is 4.14. The van der Waals surface area contributed by atoms with Gasteiger partial charge < -0.3 is 10.6 Å². The van der Waals surface area contributed by atoms with Crippen molar-refractivity contribution in [2.45, 2.75) is 19.4 Å². The Balaban J connectivity index is 2.56. The molecule has 0 saturated heterocycles. The molecule has 1 rings (SSSR count). The maximum atomic E-state index is 11.1. The molecule has 2 N–H and O–H groups in total. The zero-order valence-electron chi connectivity index (χ0n) is 9.94. The highest BCUT2D eigenvalue weighted by Gasteiger charge is 2.02. The van der Waals surface area contributed by atoms with Crippen LogP contribution in [0.3, 0.4) is 0 Å². The molecule has 1 aromatic heterocycles. The van der Waals surface area contributed by atoms with Gasteiger partial charge in [0, 0.05) is 24.9 Å². The molecular weight excluding hydrogens is 202 g/mol. The van der Waals surface area contributed by atoms with Crippen LogP contribution in [0.5, 0.6) is 0 Å². The number of nitrogens with zero attached hydrogens (tertiary/aromatic N) is 2. The van der Waals surface area contributed by atoms with Gasteiger partial charge in [-0.1, -0.05) is 0 Å². The molecule has 0 spiro atoms. The summed E-state index contributed by atoms with van der Waals surface area (Å²) < 4.78 is 0. The van der Waals surface area contributed by atoms with Crippen LogP contribution >= 0.6 is 0 Å². The van der Waals surface area contributed by atoms with Crippen molar-refractivity contribution in [2.24, 2.45) is 5.73 Å². The van der Waals surface area contributed by atoms with Crippen molar-refractivity contribution in [3.05, 3.63) is 29.6 Å². The Morgan fingerprint density at radius 3 is 2.88 bits per heavy atom. The predicted molar refractivity (Wildman–Crippen MR) is 64.0 cm³/mol. The number of rotatable bonds is 6. The summed E-state index contributed by atoms with van der Waals surface area (Å²) in [6.45, 7) is 1.01. The van der Waals surface area contributed by atoms with Gasteiger partial charge in [0.05, 0.1) is 6.54 Å². The van der Waals surface area contributed by atoms with Gasteiger partial charge in [0.15, 0.2) is 0 Å². The van der Waals surface area contributed by atoms with Gasteiger partial charge in [0.25, 0.3) is 0 Å². The molecule has 0 atom stereocenters. The molecular formula is C12H19N3O. The monoisotopic (exact) mass is 221 g/mol. The van der Waals surface area contributed by atoms with Crippen molar-refractivity contribution in [3.8, 4) is 0 Å². The van der Waals surface area contributed by atoms with E-state index in [9.17, 15) is 4.79 Å². The molecule has 0 radical (unpaired) electrons. The lowest BCUT2D eigenvalue weighted by Crippen LogP contribution is -2.14. The normalized spacial score (nSPS) is 10.8. The summed E-state index contributed by atoms with van der Waals surface area (Å²) in [6, 6.07) is 4.04. The number of aromatic nitrogens is 1. The second-order valence-electron chi connectivity index (χ2n) is 4.14. The third-order valence-corrected chi connectivity index (χ3v) is 2.27. The highest BCUT2D eigenvalue weighted by Crippen LogP contribution is 2.06. The summed E-state index contributed by atoms with van der Waals surface area (Å²) >= 11 is 0. The minimum absolute atomic E-state index is 0.0832. The minimum atomic E-state index is 0.0832. The first kappa shape index (κ1) is 12.8. The maximum Gasteiger partial charge on any atom is 0.146 e. The van der Waals surface area contributed by atoms with Crippen LogP contribution in [-0.4, -0.2) is 36.3 Å². The molecule has 0 amide bonds. The quantitative estimate of drug-likeness (QED) is 0.764. The van der Waals surface area contributed by atoms with E-state index in [2.05, 4.69) is 9.88 Å². The Labute approximate surface area is 96.5 Å². The molecule has 0 saturated carbocycles. The topological polar surface area (TPSA) is 59.2 Å². The van der Waals surface area contributed by atoms with E-state index < -0.39 is 0 Å². The molecule has 0 aromatic carbocycles. The summed E-state index contributed by atoms with van der Waals surface area (Å²) in [5.74, 6) is 0.0832. The Hall–Kier alpha value is -1.26. The van der Waals surface area contributed by atoms with Crippen LogP contribution in [0.1, 0.15) is 17.7 Å². The molecule has 16 heavy (non-hydrogen) atoms. The Morgan fingerprint density at radius 1 is 1.50 bits per heavy atom. The van der Waals surface area contributed by atoms with Crippen molar-refractivity contribution in [1.29, 1.82) is 0 Å². The Bertz CT molecular complexity index is 350. The average molecular weight is 221 g/mol. The highest BCUT2D eigenvalue weighted by atomic mass is 16.1. The third-order valence-electron chi connectivity index (χ3n) is 2.27. The number of hydrogen-bond acceptors (Lipinski definition) is 4. The van der Waals surface area contributed by atoms with Gasteiger partial charge in [-0.2, -0.15) is 0 Å². The fourth-order valence-corrected chi connectivity index (χ4v) is 1.50. The molecule has 0 aliphatic carbocycles. The minimum Gasteiger partial charge on any atom is -0.324 e. The molecule has 1 aromatic rings. The van der Waals surface area contributed by atoms with E-state index >= 15 is 0 Å². The van der Waals surface area contributed by atoms with Crippen LogP contribution in [0.2, 0.25) is 0 Å². The third kappa shape index (κ3) is 4.51. The number of nitrogens with two attached hydrogens (primary N) is 1. The predicted octanol–water partition coefficient (Wildman–Crippen LogP) is 0.604. The van der Waals surface area contributed by atoms with Crippen molar-refractivity contribution in [2.75, 3.05) is 20.6 Å². The number of carbonyl (C=O) groups is 1. The molecule has 0 aliphatic heterocycles. The standard InChI is InChI=1S/C12H19N3O/c1-15(2)9-10-5-6-14-11(7-10)3-4-12(16)8-13/h5-7H,3-4,8-9,13H2,1-2H3. The van der Waals surface area contributed by atoms with Crippen molar-refractivity contribution >= 4 is 5.78 Å². The first-order chi connectivity index (χ1) is 7.61. The van der Waals surface area contributed by atoms with Gasteiger partial charge in [0.1, 0.15) is 5.78 Å². The van der Waals surface area contributed by atoms with Gasteiger partial charge in [-0.15, -0.1) is 0 Å². The van der Waals surface area contributed by atoms with Crippen LogP contribution in [0.25, 0.3) is 0 Å². The maximum absolute atomic E-state index is 11.1. The van der Waals surface area contributed by atoms with E-state index in [0.29, 0.717) is 12.8 Å². The fraction of sp³-hybridized carbons (Fsp3) is 0.500. The smallest absolute Gasteiger partial charge is 0.146 e. The number of carbonyl (C=O) groups excluding carboxylic acids is 1. The van der Waals surface area contributed by atoms with Gasteiger partial charge in [0.2, 0.25) is 0 Å².